The second kappa shape index (κ2) is 10.8. The Hall–Kier alpha value is -4.33. The van der Waals surface area contributed by atoms with E-state index in [2.05, 4.69) is 20.5 Å². The van der Waals surface area contributed by atoms with Crippen molar-refractivity contribution in [1.29, 1.82) is 0 Å². The third-order valence-corrected chi connectivity index (χ3v) is 4.78. The molecule has 1 aromatic heterocycles. The molecule has 1 amide bonds. The van der Waals surface area contributed by atoms with Gasteiger partial charge in [0.15, 0.2) is 5.82 Å². The van der Waals surface area contributed by atoms with E-state index in [0.717, 1.165) is 17.1 Å². The lowest BCUT2D eigenvalue weighted by Gasteiger charge is -2.12. The first kappa shape index (κ1) is 21.9. The number of hydrogen-bond donors (Lipinski definition) is 2. The molecule has 0 saturated carbocycles. The number of aromatic nitrogens is 3. The van der Waals surface area contributed by atoms with Gasteiger partial charge in [0.25, 0.3) is 5.91 Å². The number of nitrogens with one attached hydrogen (secondary N) is 2. The number of carbonyl (C=O) groups is 1. The lowest BCUT2D eigenvalue weighted by Crippen LogP contribution is -2.24. The maximum Gasteiger partial charge on any atom is 0.255 e. The summed E-state index contributed by atoms with van der Waals surface area (Å²) in [6.45, 7) is 0.881. The van der Waals surface area contributed by atoms with Gasteiger partial charge in [-0.05, 0) is 48.5 Å². The summed E-state index contributed by atoms with van der Waals surface area (Å²) in [6, 6.07) is 24.0. The van der Waals surface area contributed by atoms with Gasteiger partial charge in [-0.25, -0.2) is 4.98 Å². The summed E-state index contributed by atoms with van der Waals surface area (Å²) < 4.78 is 16.6. The highest BCUT2D eigenvalue weighted by Crippen LogP contribution is 2.20. The van der Waals surface area contributed by atoms with Crippen molar-refractivity contribution >= 4 is 5.91 Å². The van der Waals surface area contributed by atoms with E-state index in [1.54, 1.807) is 25.3 Å². The average molecular weight is 444 g/mol. The zero-order chi connectivity index (χ0) is 22.9. The highest BCUT2D eigenvalue weighted by atomic mass is 16.5. The van der Waals surface area contributed by atoms with Crippen LogP contribution in [-0.2, 0) is 6.54 Å². The zero-order valence-corrected chi connectivity index (χ0v) is 18.2. The van der Waals surface area contributed by atoms with Crippen LogP contribution in [0.25, 0.3) is 11.4 Å². The van der Waals surface area contributed by atoms with Crippen LogP contribution in [0.4, 0.5) is 0 Å². The van der Waals surface area contributed by atoms with Gasteiger partial charge >= 0.3 is 0 Å². The Balaban J connectivity index is 1.31. The number of aromatic amines is 1. The van der Waals surface area contributed by atoms with Gasteiger partial charge in [0.2, 0.25) is 0 Å². The Morgan fingerprint density at radius 3 is 2.39 bits per heavy atom. The number of benzene rings is 3. The third-order valence-electron chi connectivity index (χ3n) is 4.78. The summed E-state index contributed by atoms with van der Waals surface area (Å²) in [6.07, 6.45) is 0. The minimum absolute atomic E-state index is 0.202. The first-order valence-corrected chi connectivity index (χ1v) is 10.5. The number of carbonyl (C=O) groups excluding carboxylic acids is 1. The Labute approximate surface area is 191 Å². The van der Waals surface area contributed by atoms with E-state index in [-0.39, 0.29) is 12.5 Å². The van der Waals surface area contributed by atoms with Crippen LogP contribution in [0.2, 0.25) is 0 Å². The highest BCUT2D eigenvalue weighted by molar-refractivity contribution is 5.96. The number of hydrogen-bond acceptors (Lipinski definition) is 6. The molecule has 0 unspecified atom stereocenters. The molecule has 33 heavy (non-hydrogen) atoms. The molecule has 3 aromatic carbocycles. The van der Waals surface area contributed by atoms with Crippen LogP contribution in [0.15, 0.2) is 78.9 Å². The average Bonchev–Trinajstić information content (AvgIpc) is 3.35. The smallest absolute Gasteiger partial charge is 0.255 e. The summed E-state index contributed by atoms with van der Waals surface area (Å²) in [5, 5.41) is 9.93. The number of H-pyrrole nitrogens is 1. The number of para-hydroxylation sites is 2. The molecule has 2 N–H and O–H groups in total. The van der Waals surface area contributed by atoms with Crippen molar-refractivity contribution in [1.82, 2.24) is 20.5 Å². The zero-order valence-electron chi connectivity index (χ0n) is 18.2. The van der Waals surface area contributed by atoms with Crippen molar-refractivity contribution in [2.75, 3.05) is 20.3 Å². The van der Waals surface area contributed by atoms with Gasteiger partial charge < -0.3 is 19.5 Å². The molecule has 0 radical (unpaired) electrons. The fourth-order valence-electron chi connectivity index (χ4n) is 3.11. The van der Waals surface area contributed by atoms with Crippen molar-refractivity contribution < 1.29 is 19.0 Å². The van der Waals surface area contributed by atoms with Crippen LogP contribution >= 0.6 is 0 Å². The quantitative estimate of drug-likeness (QED) is 0.360. The van der Waals surface area contributed by atoms with Crippen LogP contribution in [-0.4, -0.2) is 41.4 Å². The van der Waals surface area contributed by atoms with E-state index in [1.165, 1.54) is 0 Å². The van der Waals surface area contributed by atoms with E-state index < -0.39 is 0 Å². The van der Waals surface area contributed by atoms with E-state index in [0.29, 0.717) is 36.2 Å². The second-order valence-corrected chi connectivity index (χ2v) is 7.02. The molecule has 0 fully saturated rings. The number of ether oxygens (including phenoxy) is 3. The SMILES string of the molecule is COc1ccc(-c2n[nH]c(CNC(=O)c3ccccc3OCCOc3ccccc3)n2)cc1. The first-order chi connectivity index (χ1) is 16.2. The first-order valence-electron chi connectivity index (χ1n) is 10.5. The van der Waals surface area contributed by atoms with Crippen molar-refractivity contribution in [3.8, 4) is 28.6 Å². The normalized spacial score (nSPS) is 10.5. The second-order valence-electron chi connectivity index (χ2n) is 7.02. The van der Waals surface area contributed by atoms with Gasteiger partial charge in [-0.2, -0.15) is 5.10 Å². The van der Waals surface area contributed by atoms with Crippen LogP contribution in [0.3, 0.4) is 0 Å². The standard InChI is InChI=1S/C25H24N4O4/c1-31-19-13-11-18(12-14-19)24-27-23(28-29-24)17-26-25(30)21-9-5-6-10-22(21)33-16-15-32-20-7-3-2-4-8-20/h2-14H,15-17H2,1H3,(H,26,30)(H,27,28,29). The number of nitrogens with zero attached hydrogens (tertiary/aromatic N) is 2. The predicted molar refractivity (Wildman–Crippen MR) is 123 cm³/mol. The number of rotatable bonds is 10. The van der Waals surface area contributed by atoms with Gasteiger partial charge in [-0.3, -0.25) is 9.89 Å². The molecule has 0 atom stereocenters. The van der Waals surface area contributed by atoms with Gasteiger partial charge in [0.1, 0.15) is 36.3 Å². The topological polar surface area (TPSA) is 98.4 Å². The van der Waals surface area contributed by atoms with Gasteiger partial charge in [-0.1, -0.05) is 30.3 Å². The van der Waals surface area contributed by atoms with Crippen LogP contribution in [0.1, 0.15) is 16.2 Å². The lowest BCUT2D eigenvalue weighted by molar-refractivity contribution is 0.0944. The molecule has 0 aliphatic rings. The Kier molecular flexibility index (Phi) is 7.17. The summed E-state index contributed by atoms with van der Waals surface area (Å²) in [4.78, 5) is 17.2. The predicted octanol–water partition coefficient (Wildman–Crippen LogP) is 3.87. The van der Waals surface area contributed by atoms with Crippen molar-refractivity contribution in [2.24, 2.45) is 0 Å². The minimum Gasteiger partial charge on any atom is -0.497 e. The number of amides is 1. The summed E-state index contributed by atoms with van der Waals surface area (Å²) in [5.41, 5.74) is 1.29. The van der Waals surface area contributed by atoms with Crippen molar-refractivity contribution in [2.45, 2.75) is 6.54 Å². The molecule has 168 valence electrons. The molecular weight excluding hydrogens is 420 g/mol. The van der Waals surface area contributed by atoms with Crippen LogP contribution in [0.5, 0.6) is 17.2 Å². The van der Waals surface area contributed by atoms with Gasteiger partial charge in [0.05, 0.1) is 19.2 Å². The molecule has 0 spiro atoms. The van der Waals surface area contributed by atoms with Crippen LogP contribution in [0, 0.1) is 0 Å². The highest BCUT2D eigenvalue weighted by Gasteiger charge is 2.13. The molecule has 0 saturated heterocycles. The summed E-state index contributed by atoms with van der Waals surface area (Å²) >= 11 is 0. The monoisotopic (exact) mass is 444 g/mol. The molecule has 4 aromatic rings. The van der Waals surface area contributed by atoms with Crippen molar-refractivity contribution in [3.05, 3.63) is 90.3 Å². The summed E-state index contributed by atoms with van der Waals surface area (Å²) in [5.74, 6) is 2.84. The minimum atomic E-state index is -0.267. The maximum absolute atomic E-state index is 12.7. The molecule has 8 nitrogen and oxygen atoms in total. The van der Waals surface area contributed by atoms with Crippen molar-refractivity contribution in [3.63, 3.8) is 0 Å². The largest absolute Gasteiger partial charge is 0.497 e. The summed E-state index contributed by atoms with van der Waals surface area (Å²) in [7, 11) is 1.62. The fourth-order valence-corrected chi connectivity index (χ4v) is 3.11. The Morgan fingerprint density at radius 2 is 1.61 bits per heavy atom. The van der Waals surface area contributed by atoms with Gasteiger partial charge in [-0.15, -0.1) is 0 Å². The van der Waals surface area contributed by atoms with E-state index >= 15 is 0 Å². The van der Waals surface area contributed by atoms with Crippen LogP contribution < -0.4 is 19.5 Å². The maximum atomic E-state index is 12.7. The van der Waals surface area contributed by atoms with E-state index in [9.17, 15) is 4.79 Å². The molecule has 1 heterocycles. The number of methoxy groups -OCH3 is 1. The Morgan fingerprint density at radius 1 is 0.879 bits per heavy atom. The molecule has 8 heteroatoms. The lowest BCUT2D eigenvalue weighted by atomic mass is 10.2. The third kappa shape index (κ3) is 5.88. The van der Waals surface area contributed by atoms with E-state index in [1.807, 2.05) is 60.7 Å². The Bertz CT molecular complexity index is 1180. The fraction of sp³-hybridized carbons (Fsp3) is 0.160. The molecule has 0 bridgehead atoms. The molecule has 0 aliphatic heterocycles. The van der Waals surface area contributed by atoms with Gasteiger partial charge in [0, 0.05) is 5.56 Å². The molecule has 4 rings (SSSR count). The molecular formula is C25H24N4O4. The van der Waals surface area contributed by atoms with E-state index in [4.69, 9.17) is 14.2 Å². The molecule has 0 aliphatic carbocycles.